The highest BCUT2D eigenvalue weighted by molar-refractivity contribution is 9.10. The number of anilines is 1. The van der Waals surface area contributed by atoms with Gasteiger partial charge in [0.05, 0.1) is 0 Å². The highest BCUT2D eigenvalue weighted by Gasteiger charge is 2.20. The summed E-state index contributed by atoms with van der Waals surface area (Å²) in [4.78, 5) is 0.409. The summed E-state index contributed by atoms with van der Waals surface area (Å²) >= 11 is 8.44. The normalized spacial score (nSPS) is 14.4. The smallest absolute Gasteiger partial charge is 0.105 e. The van der Waals surface area contributed by atoms with Crippen molar-refractivity contribution < 1.29 is 4.74 Å². The van der Waals surface area contributed by atoms with Gasteiger partial charge in [0.25, 0.3) is 0 Å². The Balaban J connectivity index is 1.67. The van der Waals surface area contributed by atoms with Gasteiger partial charge in [-0.15, -0.1) is 0 Å². The lowest BCUT2D eigenvalue weighted by molar-refractivity contribution is 0.124. The lowest BCUT2D eigenvalue weighted by Gasteiger charge is -2.09. The Labute approximate surface area is 128 Å². The van der Waals surface area contributed by atoms with E-state index in [-0.39, 0.29) is 0 Å². The molecule has 5 heteroatoms. The summed E-state index contributed by atoms with van der Waals surface area (Å²) in [6.07, 6.45) is 3.71. The van der Waals surface area contributed by atoms with Crippen molar-refractivity contribution in [3.63, 3.8) is 0 Å². The Bertz CT molecular complexity index is 449. The lowest BCUT2D eigenvalue weighted by atomic mass is 10.2. The Morgan fingerprint density at radius 3 is 2.89 bits per heavy atom. The predicted octanol–water partition coefficient (Wildman–Crippen LogP) is 3.31. The molecule has 104 valence electrons. The Morgan fingerprint density at radius 1 is 1.47 bits per heavy atom. The summed E-state index contributed by atoms with van der Waals surface area (Å²) in [5.41, 5.74) is 7.55. The van der Waals surface area contributed by atoms with Crippen LogP contribution >= 0.6 is 28.1 Å². The number of hydrogen-bond acceptors (Lipinski definition) is 3. The molecule has 0 heterocycles. The zero-order chi connectivity index (χ0) is 13.7. The topological polar surface area (TPSA) is 47.3 Å². The highest BCUT2D eigenvalue weighted by atomic mass is 79.9. The molecular weight excluding hydrogens is 324 g/mol. The van der Waals surface area contributed by atoms with Gasteiger partial charge in [0, 0.05) is 35.5 Å². The highest BCUT2D eigenvalue weighted by Crippen LogP contribution is 2.28. The van der Waals surface area contributed by atoms with E-state index in [4.69, 9.17) is 22.7 Å². The van der Waals surface area contributed by atoms with Crippen LogP contribution in [0, 0.1) is 5.92 Å². The van der Waals surface area contributed by atoms with Crippen LogP contribution in [0.15, 0.2) is 22.7 Å². The molecule has 1 aromatic rings. The van der Waals surface area contributed by atoms with Crippen molar-refractivity contribution in [3.8, 4) is 0 Å². The number of rotatable bonds is 8. The third kappa shape index (κ3) is 5.09. The molecule has 1 saturated carbocycles. The minimum atomic E-state index is 0.409. The van der Waals surface area contributed by atoms with Crippen LogP contribution in [0.25, 0.3) is 0 Å². The second kappa shape index (κ2) is 7.22. The van der Waals surface area contributed by atoms with Gasteiger partial charge in [-0.05, 0) is 59.3 Å². The monoisotopic (exact) mass is 342 g/mol. The number of benzene rings is 1. The van der Waals surface area contributed by atoms with Gasteiger partial charge in [-0.3, -0.25) is 0 Å². The molecule has 0 radical (unpaired) electrons. The van der Waals surface area contributed by atoms with E-state index in [0.29, 0.717) is 4.99 Å². The molecule has 19 heavy (non-hydrogen) atoms. The van der Waals surface area contributed by atoms with E-state index < -0.39 is 0 Å². The standard InChI is InChI=1S/C14H19BrN2OS/c15-13-8-11(4-5-12(13)14(16)19)17-6-1-7-18-9-10-2-3-10/h4-5,8,10,17H,1-3,6-7,9H2,(H2,16,19). The van der Waals surface area contributed by atoms with Crippen LogP contribution in [-0.4, -0.2) is 24.7 Å². The van der Waals surface area contributed by atoms with Crippen molar-refractivity contribution in [1.29, 1.82) is 0 Å². The summed E-state index contributed by atoms with van der Waals surface area (Å²) in [6, 6.07) is 5.92. The zero-order valence-electron chi connectivity index (χ0n) is 10.8. The second-order valence-electron chi connectivity index (χ2n) is 4.86. The quantitative estimate of drug-likeness (QED) is 0.562. The third-order valence-electron chi connectivity index (χ3n) is 3.08. The predicted molar refractivity (Wildman–Crippen MR) is 86.7 cm³/mol. The molecule has 1 aromatic carbocycles. The second-order valence-corrected chi connectivity index (χ2v) is 6.15. The first-order valence-corrected chi connectivity index (χ1v) is 7.78. The first-order valence-electron chi connectivity index (χ1n) is 6.58. The summed E-state index contributed by atoms with van der Waals surface area (Å²) < 4.78 is 6.51. The first-order chi connectivity index (χ1) is 9.16. The SMILES string of the molecule is NC(=S)c1ccc(NCCCOCC2CC2)cc1Br. The van der Waals surface area contributed by atoms with Gasteiger partial charge in [-0.2, -0.15) is 0 Å². The van der Waals surface area contributed by atoms with E-state index >= 15 is 0 Å². The molecule has 2 rings (SSSR count). The molecule has 0 spiro atoms. The number of hydrogen-bond donors (Lipinski definition) is 2. The van der Waals surface area contributed by atoms with E-state index in [2.05, 4.69) is 21.2 Å². The van der Waals surface area contributed by atoms with E-state index in [1.807, 2.05) is 18.2 Å². The molecule has 0 aromatic heterocycles. The number of nitrogens with one attached hydrogen (secondary N) is 1. The van der Waals surface area contributed by atoms with Crippen LogP contribution in [0.4, 0.5) is 5.69 Å². The minimum Gasteiger partial charge on any atom is -0.389 e. The summed E-state index contributed by atoms with van der Waals surface area (Å²) in [5.74, 6) is 0.844. The molecule has 0 saturated heterocycles. The van der Waals surface area contributed by atoms with Crippen molar-refractivity contribution in [2.75, 3.05) is 25.1 Å². The number of thiocarbonyl (C=S) groups is 1. The van der Waals surface area contributed by atoms with Crippen LogP contribution in [-0.2, 0) is 4.74 Å². The first kappa shape index (κ1) is 14.8. The van der Waals surface area contributed by atoms with Crippen LogP contribution in [0.2, 0.25) is 0 Å². The summed E-state index contributed by atoms with van der Waals surface area (Å²) in [6.45, 7) is 2.67. The molecule has 0 bridgehead atoms. The summed E-state index contributed by atoms with van der Waals surface area (Å²) in [5, 5.41) is 3.36. The molecule has 0 atom stereocenters. The Hall–Kier alpha value is -0.650. The van der Waals surface area contributed by atoms with E-state index in [1.54, 1.807) is 0 Å². The fourth-order valence-electron chi connectivity index (χ4n) is 1.77. The maximum Gasteiger partial charge on any atom is 0.105 e. The molecule has 1 aliphatic rings. The Morgan fingerprint density at radius 2 is 2.26 bits per heavy atom. The van der Waals surface area contributed by atoms with Gasteiger partial charge in [0.2, 0.25) is 0 Å². The zero-order valence-corrected chi connectivity index (χ0v) is 13.2. The largest absolute Gasteiger partial charge is 0.389 e. The lowest BCUT2D eigenvalue weighted by Crippen LogP contribution is -2.11. The average Bonchev–Trinajstić information content (AvgIpc) is 3.17. The van der Waals surface area contributed by atoms with Crippen molar-refractivity contribution in [2.24, 2.45) is 11.7 Å². The molecule has 3 N–H and O–H groups in total. The van der Waals surface area contributed by atoms with Crippen molar-refractivity contribution >= 4 is 38.8 Å². The Kier molecular flexibility index (Phi) is 5.60. The van der Waals surface area contributed by atoms with Crippen LogP contribution in [0.1, 0.15) is 24.8 Å². The number of nitrogens with two attached hydrogens (primary N) is 1. The molecule has 3 nitrogen and oxygen atoms in total. The summed E-state index contributed by atoms with van der Waals surface area (Å²) in [7, 11) is 0. The van der Waals surface area contributed by atoms with Crippen LogP contribution in [0.5, 0.6) is 0 Å². The van der Waals surface area contributed by atoms with Crippen molar-refractivity contribution in [1.82, 2.24) is 0 Å². The van der Waals surface area contributed by atoms with Gasteiger partial charge in [0.1, 0.15) is 4.99 Å². The molecule has 0 aliphatic heterocycles. The number of ether oxygens (including phenoxy) is 1. The van der Waals surface area contributed by atoms with Crippen LogP contribution < -0.4 is 11.1 Å². The van der Waals surface area contributed by atoms with Gasteiger partial charge in [0.15, 0.2) is 0 Å². The maximum absolute atomic E-state index is 5.61. The third-order valence-corrected chi connectivity index (χ3v) is 3.96. The molecule has 1 aliphatic carbocycles. The van der Waals surface area contributed by atoms with Gasteiger partial charge < -0.3 is 15.8 Å². The van der Waals surface area contributed by atoms with E-state index in [9.17, 15) is 0 Å². The van der Waals surface area contributed by atoms with Crippen LogP contribution in [0.3, 0.4) is 0 Å². The fourth-order valence-corrected chi connectivity index (χ4v) is 2.67. The molecular formula is C14H19BrN2OS. The molecule has 1 fully saturated rings. The van der Waals surface area contributed by atoms with Crippen molar-refractivity contribution in [3.05, 3.63) is 28.2 Å². The fraction of sp³-hybridized carbons (Fsp3) is 0.500. The van der Waals surface area contributed by atoms with Gasteiger partial charge >= 0.3 is 0 Å². The molecule has 0 amide bonds. The minimum absolute atomic E-state index is 0.409. The maximum atomic E-state index is 5.61. The average molecular weight is 343 g/mol. The number of halogens is 1. The van der Waals surface area contributed by atoms with E-state index in [0.717, 1.165) is 47.8 Å². The van der Waals surface area contributed by atoms with Crippen molar-refractivity contribution in [2.45, 2.75) is 19.3 Å². The van der Waals surface area contributed by atoms with Gasteiger partial charge in [-0.25, -0.2) is 0 Å². The molecule has 0 unspecified atom stereocenters. The van der Waals surface area contributed by atoms with Gasteiger partial charge in [-0.1, -0.05) is 12.2 Å². The van der Waals surface area contributed by atoms with E-state index in [1.165, 1.54) is 12.8 Å².